The van der Waals surface area contributed by atoms with Gasteiger partial charge in [-0.1, -0.05) is 25.0 Å². The Labute approximate surface area is 276 Å². The number of ether oxygens (including phenoxy) is 4. The number of aryl methyl sites for hydroxylation is 1. The molecule has 2 aromatic heterocycles. The van der Waals surface area contributed by atoms with Crippen molar-refractivity contribution in [2.75, 3.05) is 26.4 Å². The van der Waals surface area contributed by atoms with Gasteiger partial charge in [0.2, 0.25) is 0 Å². The van der Waals surface area contributed by atoms with Crippen LogP contribution in [0.2, 0.25) is 0 Å². The van der Waals surface area contributed by atoms with Gasteiger partial charge in [-0.25, -0.2) is 9.97 Å². The van der Waals surface area contributed by atoms with Crippen LogP contribution in [0.15, 0.2) is 71.9 Å². The smallest absolute Gasteiger partial charge is 0.306 e. The van der Waals surface area contributed by atoms with E-state index in [0.717, 1.165) is 65.9 Å². The normalized spacial score (nSPS) is 10.8. The van der Waals surface area contributed by atoms with Gasteiger partial charge in [0.05, 0.1) is 26.4 Å². The highest BCUT2D eigenvalue weighted by Gasteiger charge is 2.13. The van der Waals surface area contributed by atoms with Crippen molar-refractivity contribution in [2.45, 2.75) is 71.6 Å². The summed E-state index contributed by atoms with van der Waals surface area (Å²) >= 11 is 1.67. The zero-order valence-electron chi connectivity index (χ0n) is 26.9. The molecule has 0 aliphatic carbocycles. The van der Waals surface area contributed by atoms with Crippen molar-refractivity contribution in [2.24, 2.45) is 0 Å². The summed E-state index contributed by atoms with van der Waals surface area (Å²) in [7, 11) is 0. The van der Waals surface area contributed by atoms with Crippen molar-refractivity contribution in [1.29, 1.82) is 0 Å². The van der Waals surface area contributed by atoms with Crippen molar-refractivity contribution in [3.05, 3.63) is 83.1 Å². The van der Waals surface area contributed by atoms with E-state index in [1.54, 1.807) is 18.3 Å². The summed E-state index contributed by atoms with van der Waals surface area (Å²) in [5.41, 5.74) is 6.50. The minimum absolute atomic E-state index is 0.212. The lowest BCUT2D eigenvalue weighted by Gasteiger charge is -2.16. The molecular formula is C37H44N2O6S. The molecule has 46 heavy (non-hydrogen) atoms. The van der Waals surface area contributed by atoms with Crippen LogP contribution in [-0.4, -0.2) is 48.3 Å². The van der Waals surface area contributed by atoms with Gasteiger partial charge in [0.1, 0.15) is 17.8 Å². The van der Waals surface area contributed by atoms with E-state index in [9.17, 15) is 9.59 Å². The Kier molecular flexibility index (Phi) is 14.5. The van der Waals surface area contributed by atoms with Crippen LogP contribution < -0.4 is 9.47 Å². The minimum atomic E-state index is -0.216. The highest BCUT2D eigenvalue weighted by molar-refractivity contribution is 7.08. The molecule has 2 heterocycles. The van der Waals surface area contributed by atoms with Gasteiger partial charge < -0.3 is 18.9 Å². The molecule has 9 heteroatoms. The number of unbranched alkanes of at least 4 members (excludes halogenated alkanes) is 3. The van der Waals surface area contributed by atoms with Crippen LogP contribution in [0.4, 0.5) is 0 Å². The van der Waals surface area contributed by atoms with Crippen LogP contribution in [0.5, 0.6) is 11.5 Å². The Balaban J connectivity index is 1.28. The predicted octanol–water partition coefficient (Wildman–Crippen LogP) is 8.27. The first-order valence-electron chi connectivity index (χ1n) is 16.2. The fourth-order valence-corrected chi connectivity index (χ4v) is 5.88. The third kappa shape index (κ3) is 11.3. The number of carbonyl (C=O) groups excluding carboxylic acids is 2. The van der Waals surface area contributed by atoms with E-state index in [2.05, 4.69) is 51.1 Å². The summed E-state index contributed by atoms with van der Waals surface area (Å²) in [5, 5.41) is 4.22. The Morgan fingerprint density at radius 1 is 0.717 bits per heavy atom. The molecule has 0 spiro atoms. The van der Waals surface area contributed by atoms with Crippen molar-refractivity contribution in [3.63, 3.8) is 0 Å². The summed E-state index contributed by atoms with van der Waals surface area (Å²) in [6.07, 6.45) is 11.9. The number of rotatable bonds is 20. The molecule has 4 aromatic rings. The van der Waals surface area contributed by atoms with Gasteiger partial charge in [-0.05, 0) is 115 Å². The van der Waals surface area contributed by atoms with E-state index < -0.39 is 0 Å². The first-order valence-corrected chi connectivity index (χ1v) is 17.1. The SMILES string of the molecule is CCOC(=O)CCCOc1cccc(CCCCCCOc2cc(-c3cncnc3)cc(-c3ccsc3)c2)c1CCC(=O)OCC. The Morgan fingerprint density at radius 2 is 1.43 bits per heavy atom. The van der Waals surface area contributed by atoms with E-state index in [4.69, 9.17) is 18.9 Å². The average Bonchev–Trinajstić information content (AvgIpc) is 3.62. The number of nitrogens with zero attached hydrogens (tertiary/aromatic N) is 2. The molecule has 0 saturated carbocycles. The lowest BCUT2D eigenvalue weighted by atomic mass is 9.96. The van der Waals surface area contributed by atoms with E-state index in [0.29, 0.717) is 52.1 Å². The first kappa shape index (κ1) is 34.6. The van der Waals surface area contributed by atoms with Gasteiger partial charge in [0.25, 0.3) is 0 Å². The van der Waals surface area contributed by atoms with E-state index >= 15 is 0 Å². The van der Waals surface area contributed by atoms with E-state index in [-0.39, 0.29) is 11.9 Å². The van der Waals surface area contributed by atoms with Crippen LogP contribution in [-0.2, 0) is 31.9 Å². The zero-order valence-corrected chi connectivity index (χ0v) is 27.7. The van der Waals surface area contributed by atoms with Crippen LogP contribution in [0.1, 0.15) is 69.9 Å². The van der Waals surface area contributed by atoms with E-state index in [1.807, 2.05) is 31.5 Å². The molecule has 0 saturated heterocycles. The summed E-state index contributed by atoms with van der Waals surface area (Å²) < 4.78 is 22.5. The molecule has 0 aliphatic rings. The maximum atomic E-state index is 12.1. The molecule has 0 fully saturated rings. The van der Waals surface area contributed by atoms with Gasteiger partial charge in [-0.2, -0.15) is 11.3 Å². The fraction of sp³-hybridized carbons (Fsp3) is 0.405. The fourth-order valence-electron chi connectivity index (χ4n) is 5.21. The number of carbonyl (C=O) groups is 2. The predicted molar refractivity (Wildman–Crippen MR) is 181 cm³/mol. The van der Waals surface area contributed by atoms with Crippen molar-refractivity contribution >= 4 is 23.3 Å². The third-order valence-corrected chi connectivity index (χ3v) is 8.15. The van der Waals surface area contributed by atoms with Crippen LogP contribution in [0, 0.1) is 0 Å². The number of thiophene rings is 1. The average molecular weight is 645 g/mol. The number of hydrogen-bond acceptors (Lipinski definition) is 9. The zero-order chi connectivity index (χ0) is 32.4. The molecule has 8 nitrogen and oxygen atoms in total. The van der Waals surface area contributed by atoms with Gasteiger partial charge in [-0.3, -0.25) is 9.59 Å². The highest BCUT2D eigenvalue weighted by Crippen LogP contribution is 2.32. The van der Waals surface area contributed by atoms with Gasteiger partial charge in [0, 0.05) is 30.8 Å². The van der Waals surface area contributed by atoms with Gasteiger partial charge in [0.15, 0.2) is 0 Å². The van der Waals surface area contributed by atoms with Crippen molar-refractivity contribution in [1.82, 2.24) is 9.97 Å². The largest absolute Gasteiger partial charge is 0.494 e. The second-order valence-corrected chi connectivity index (χ2v) is 11.6. The summed E-state index contributed by atoms with van der Waals surface area (Å²) in [6.45, 7) is 5.40. The quantitative estimate of drug-likeness (QED) is 0.0701. The summed E-state index contributed by atoms with van der Waals surface area (Å²) in [6, 6.07) is 14.5. The Hall–Kier alpha value is -4.24. The molecule has 244 valence electrons. The van der Waals surface area contributed by atoms with Gasteiger partial charge in [-0.15, -0.1) is 0 Å². The molecule has 0 aliphatic heterocycles. The Bertz CT molecular complexity index is 1490. The van der Waals surface area contributed by atoms with Crippen molar-refractivity contribution < 1.29 is 28.5 Å². The maximum absolute atomic E-state index is 12.1. The molecule has 0 amide bonds. The Morgan fingerprint density at radius 3 is 2.17 bits per heavy atom. The third-order valence-electron chi connectivity index (χ3n) is 7.47. The maximum Gasteiger partial charge on any atom is 0.306 e. The number of benzene rings is 2. The number of aromatic nitrogens is 2. The van der Waals surface area contributed by atoms with Crippen LogP contribution in [0.3, 0.4) is 0 Å². The monoisotopic (exact) mass is 644 g/mol. The number of esters is 2. The lowest BCUT2D eigenvalue weighted by molar-refractivity contribution is -0.144. The molecule has 0 radical (unpaired) electrons. The molecule has 4 rings (SSSR count). The van der Waals surface area contributed by atoms with Crippen LogP contribution >= 0.6 is 11.3 Å². The molecule has 0 N–H and O–H groups in total. The molecule has 0 bridgehead atoms. The standard InChI is InChI=1S/C37H44N2O6S/c1-3-42-36(40)14-10-19-45-35-13-9-12-28(34(35)15-16-37(41)43-4-2)11-7-5-6-8-18-44-33-22-30(29-17-20-46-26-29)21-31(23-33)32-24-38-27-39-25-32/h9,12-13,17,20-27H,3-8,10-11,14-16,18-19H2,1-2H3. The van der Waals surface area contributed by atoms with Gasteiger partial charge >= 0.3 is 11.9 Å². The molecule has 2 aromatic carbocycles. The summed E-state index contributed by atoms with van der Waals surface area (Å²) in [5.74, 6) is 1.18. The van der Waals surface area contributed by atoms with Crippen molar-refractivity contribution in [3.8, 4) is 33.8 Å². The highest BCUT2D eigenvalue weighted by atomic mass is 32.1. The molecular weight excluding hydrogens is 600 g/mol. The minimum Gasteiger partial charge on any atom is -0.494 e. The molecule has 0 atom stereocenters. The first-order chi connectivity index (χ1) is 22.6. The van der Waals surface area contributed by atoms with E-state index in [1.165, 1.54) is 17.5 Å². The topological polar surface area (TPSA) is 96.8 Å². The second-order valence-electron chi connectivity index (χ2n) is 10.9. The summed E-state index contributed by atoms with van der Waals surface area (Å²) in [4.78, 5) is 32.2. The molecule has 0 unspecified atom stereocenters. The second kappa shape index (κ2) is 19.3. The van der Waals surface area contributed by atoms with Crippen LogP contribution in [0.25, 0.3) is 22.3 Å². The lowest BCUT2D eigenvalue weighted by Crippen LogP contribution is -2.10. The number of hydrogen-bond donors (Lipinski definition) is 0.